The van der Waals surface area contributed by atoms with Crippen molar-refractivity contribution in [3.63, 3.8) is 0 Å². The fourth-order valence-corrected chi connectivity index (χ4v) is 3.98. The van der Waals surface area contributed by atoms with Crippen molar-refractivity contribution in [2.45, 2.75) is 0 Å². The van der Waals surface area contributed by atoms with Crippen molar-refractivity contribution < 1.29 is 9.18 Å². The summed E-state index contributed by atoms with van der Waals surface area (Å²) in [7, 11) is 0. The van der Waals surface area contributed by atoms with Gasteiger partial charge in [0.25, 0.3) is 0 Å². The fraction of sp³-hybridized carbons (Fsp3) is 0. The Morgan fingerprint density at radius 2 is 2.24 bits per heavy atom. The van der Waals surface area contributed by atoms with Gasteiger partial charge in [-0.15, -0.1) is 0 Å². The van der Waals surface area contributed by atoms with Crippen LogP contribution in [0.1, 0.15) is 5.56 Å². The van der Waals surface area contributed by atoms with E-state index in [-0.39, 0.29) is 10.6 Å². The minimum absolute atomic E-state index is 0.0129. The molecule has 0 unspecified atom stereocenters. The van der Waals surface area contributed by atoms with E-state index in [1.165, 1.54) is 17.4 Å². The van der Waals surface area contributed by atoms with E-state index >= 15 is 0 Å². The van der Waals surface area contributed by atoms with Crippen molar-refractivity contribution in [3.8, 4) is 11.1 Å². The third-order valence-corrected chi connectivity index (χ3v) is 5.19. The van der Waals surface area contributed by atoms with Crippen LogP contribution in [0.25, 0.3) is 38.3 Å². The topological polar surface area (TPSA) is 70.7 Å². The number of hydrogen-bond acceptors (Lipinski definition) is 4. The lowest BCUT2D eigenvalue weighted by molar-refractivity contribution is -0.105. The minimum atomic E-state index is -0.545. The zero-order valence-electron chi connectivity index (χ0n) is 12.6. The van der Waals surface area contributed by atoms with Crippen LogP contribution in [-0.2, 0) is 4.79 Å². The highest BCUT2D eigenvalue weighted by Gasteiger charge is 2.20. The molecule has 25 heavy (non-hydrogen) atoms. The lowest BCUT2D eigenvalue weighted by Crippen LogP contribution is -1.92. The number of aromatic amines is 1. The molecule has 2 aromatic heterocycles. The molecular formula is C17H10ClFN4OS. The molecule has 2 aromatic carbocycles. The highest BCUT2D eigenvalue weighted by atomic mass is 35.5. The van der Waals surface area contributed by atoms with Crippen molar-refractivity contribution in [2.75, 3.05) is 5.32 Å². The van der Waals surface area contributed by atoms with Crippen LogP contribution < -0.4 is 5.32 Å². The second kappa shape index (κ2) is 5.94. The van der Waals surface area contributed by atoms with Crippen molar-refractivity contribution in [1.29, 1.82) is 0 Å². The zero-order chi connectivity index (χ0) is 17.6. The molecule has 8 heteroatoms. The number of amides is 1. The van der Waals surface area contributed by atoms with E-state index in [1.807, 2.05) is 12.1 Å². The lowest BCUT2D eigenvalue weighted by Gasteiger charge is -2.10. The average molecular weight is 373 g/mol. The smallest absolute Gasteiger partial charge is 0.213 e. The van der Waals surface area contributed by atoms with Gasteiger partial charge in [0, 0.05) is 16.5 Å². The number of thiazole rings is 1. The molecule has 124 valence electrons. The molecule has 4 rings (SSSR count). The molecule has 0 aliphatic rings. The molecule has 0 aliphatic carbocycles. The summed E-state index contributed by atoms with van der Waals surface area (Å²) >= 11 is 7.64. The number of H-pyrrole nitrogens is 1. The van der Waals surface area contributed by atoms with E-state index in [0.717, 1.165) is 15.8 Å². The molecule has 5 nitrogen and oxygen atoms in total. The summed E-state index contributed by atoms with van der Waals surface area (Å²) in [6, 6.07) is 5.48. The van der Waals surface area contributed by atoms with Gasteiger partial charge >= 0.3 is 0 Å². The number of nitrogens with zero attached hydrogens (tertiary/aromatic N) is 2. The zero-order valence-corrected chi connectivity index (χ0v) is 14.2. The molecule has 0 radical (unpaired) electrons. The van der Waals surface area contributed by atoms with Gasteiger partial charge in [0.1, 0.15) is 0 Å². The summed E-state index contributed by atoms with van der Waals surface area (Å²) in [5.41, 5.74) is 2.85. The molecule has 0 spiro atoms. The first-order chi connectivity index (χ1) is 12.1. The Hall–Kier alpha value is -2.77. The van der Waals surface area contributed by atoms with Crippen molar-refractivity contribution in [1.82, 2.24) is 15.2 Å². The van der Waals surface area contributed by atoms with Crippen LogP contribution in [0.15, 0.2) is 31.0 Å². The number of fused-ring (bicyclic) bond motifs is 2. The Kier molecular flexibility index (Phi) is 3.74. The summed E-state index contributed by atoms with van der Waals surface area (Å²) in [6.45, 7) is 3.64. The van der Waals surface area contributed by atoms with E-state index in [4.69, 9.17) is 11.6 Å². The highest BCUT2D eigenvalue weighted by Crippen LogP contribution is 2.41. The normalized spacial score (nSPS) is 11.1. The summed E-state index contributed by atoms with van der Waals surface area (Å²) in [5, 5.41) is 10.6. The number of benzene rings is 2. The maximum Gasteiger partial charge on any atom is 0.213 e. The Morgan fingerprint density at radius 1 is 1.40 bits per heavy atom. The van der Waals surface area contributed by atoms with Crippen LogP contribution in [0.2, 0.25) is 5.02 Å². The maximum atomic E-state index is 14.7. The van der Waals surface area contributed by atoms with E-state index in [1.54, 1.807) is 12.3 Å². The summed E-state index contributed by atoms with van der Waals surface area (Å²) in [4.78, 5) is 14.9. The van der Waals surface area contributed by atoms with Crippen molar-refractivity contribution in [3.05, 3.63) is 47.4 Å². The lowest BCUT2D eigenvalue weighted by atomic mass is 9.98. The van der Waals surface area contributed by atoms with E-state index in [9.17, 15) is 9.18 Å². The predicted octanol–water partition coefficient (Wildman–Crippen LogP) is 4.84. The van der Waals surface area contributed by atoms with Gasteiger partial charge in [0.2, 0.25) is 6.41 Å². The van der Waals surface area contributed by atoms with Crippen LogP contribution >= 0.6 is 22.9 Å². The van der Waals surface area contributed by atoms with Gasteiger partial charge in [-0.25, -0.2) is 9.37 Å². The number of halogens is 2. The van der Waals surface area contributed by atoms with Crippen molar-refractivity contribution in [2.24, 2.45) is 0 Å². The first-order valence-electron chi connectivity index (χ1n) is 7.21. The molecule has 0 aliphatic heterocycles. The average Bonchev–Trinajstić information content (AvgIpc) is 3.22. The molecule has 0 bridgehead atoms. The van der Waals surface area contributed by atoms with Gasteiger partial charge in [-0.05, 0) is 17.7 Å². The number of carbonyl (C=O) groups excluding carboxylic acids is 1. The van der Waals surface area contributed by atoms with E-state index in [2.05, 4.69) is 27.1 Å². The van der Waals surface area contributed by atoms with Crippen LogP contribution in [0, 0.1) is 5.82 Å². The quantitative estimate of drug-likeness (QED) is 0.503. The van der Waals surface area contributed by atoms with Gasteiger partial charge in [0.15, 0.2) is 10.9 Å². The maximum absolute atomic E-state index is 14.7. The Morgan fingerprint density at radius 3 is 3.00 bits per heavy atom. The second-order valence-corrected chi connectivity index (χ2v) is 6.65. The molecule has 0 fully saturated rings. The Balaban J connectivity index is 1.99. The standard InChI is InChI=1S/C17H10ClFN4OS/c1-2-9-15(19)14(18)13(10-6-21-23-16(9)10)8-3-4-11-12(5-8)25-17(22-11)20-7-24/h2-7H,1H2,(H,21,23)(H,20,22,24). The van der Waals surface area contributed by atoms with Crippen LogP contribution in [-0.4, -0.2) is 21.6 Å². The number of hydrogen-bond donors (Lipinski definition) is 2. The van der Waals surface area contributed by atoms with E-state index < -0.39 is 5.82 Å². The number of carbonyl (C=O) groups is 1. The Labute approximate surface area is 150 Å². The SMILES string of the molecule is C=Cc1c(F)c(Cl)c(-c2ccc3nc(NC=O)sc3c2)c2cn[nH]c12. The number of anilines is 1. The molecular weight excluding hydrogens is 363 g/mol. The third-order valence-electron chi connectivity index (χ3n) is 3.89. The predicted molar refractivity (Wildman–Crippen MR) is 99.5 cm³/mol. The van der Waals surface area contributed by atoms with Gasteiger partial charge < -0.3 is 5.32 Å². The van der Waals surface area contributed by atoms with Crippen molar-refractivity contribution >= 4 is 61.7 Å². The van der Waals surface area contributed by atoms with E-state index in [0.29, 0.717) is 28.0 Å². The number of aromatic nitrogens is 3. The molecule has 0 saturated heterocycles. The molecule has 0 saturated carbocycles. The van der Waals surface area contributed by atoms with Gasteiger partial charge in [-0.1, -0.05) is 41.7 Å². The third kappa shape index (κ3) is 2.40. The molecule has 1 amide bonds. The molecule has 2 N–H and O–H groups in total. The fourth-order valence-electron chi connectivity index (χ4n) is 2.80. The van der Waals surface area contributed by atoms with Gasteiger partial charge in [-0.2, -0.15) is 5.10 Å². The van der Waals surface area contributed by atoms with Crippen LogP contribution in [0.5, 0.6) is 0 Å². The summed E-state index contributed by atoms with van der Waals surface area (Å²) in [6.07, 6.45) is 3.60. The molecule has 2 heterocycles. The second-order valence-electron chi connectivity index (χ2n) is 5.24. The number of rotatable bonds is 4. The van der Waals surface area contributed by atoms with Gasteiger partial charge in [-0.3, -0.25) is 9.89 Å². The minimum Gasteiger partial charge on any atom is -0.305 e. The first kappa shape index (κ1) is 15.7. The molecule has 0 atom stereocenters. The number of nitrogens with one attached hydrogen (secondary N) is 2. The monoisotopic (exact) mass is 372 g/mol. The molecule has 4 aromatic rings. The van der Waals surface area contributed by atoms with Gasteiger partial charge in [0.05, 0.1) is 27.0 Å². The summed E-state index contributed by atoms with van der Waals surface area (Å²) < 4.78 is 15.5. The highest BCUT2D eigenvalue weighted by molar-refractivity contribution is 7.22. The Bertz CT molecular complexity index is 1150. The van der Waals surface area contributed by atoms with Crippen LogP contribution in [0.3, 0.4) is 0 Å². The summed E-state index contributed by atoms with van der Waals surface area (Å²) in [5.74, 6) is -0.545. The van der Waals surface area contributed by atoms with Crippen LogP contribution in [0.4, 0.5) is 9.52 Å². The largest absolute Gasteiger partial charge is 0.305 e. The first-order valence-corrected chi connectivity index (χ1v) is 8.41.